The Kier molecular flexibility index (Phi) is 39.5. The molecule has 2 rings (SSSR count). The van der Waals surface area contributed by atoms with E-state index in [0.717, 1.165) is 148 Å². The van der Waals surface area contributed by atoms with E-state index in [1.54, 1.807) is 0 Å². The lowest BCUT2D eigenvalue weighted by Crippen LogP contribution is -2.42. The number of likely N-dealkylation sites (N-methyl/N-ethyl adjacent to an activating group) is 1. The second-order valence-corrected chi connectivity index (χ2v) is 21.5. The molecule has 0 radical (unpaired) electrons. The van der Waals surface area contributed by atoms with Gasteiger partial charge in [-0.2, -0.15) is 0 Å². The van der Waals surface area contributed by atoms with Gasteiger partial charge < -0.3 is 38.1 Å². The van der Waals surface area contributed by atoms with Crippen LogP contribution in [0.2, 0.25) is 0 Å². The van der Waals surface area contributed by atoms with Gasteiger partial charge in [0.05, 0.1) is 51.9 Å². The predicted octanol–water partition coefficient (Wildman–Crippen LogP) is 12.3. The van der Waals surface area contributed by atoms with E-state index in [2.05, 4.69) is 32.6 Å². The van der Waals surface area contributed by atoms with Crippen LogP contribution < -0.4 is 0 Å². The summed E-state index contributed by atoms with van der Waals surface area (Å²) in [7, 11) is 1.99. The second kappa shape index (κ2) is 44.1. The molecule has 0 aliphatic carbocycles. The van der Waals surface area contributed by atoms with Crippen molar-refractivity contribution in [2.45, 2.75) is 264 Å². The maximum Gasteiger partial charge on any atom is 0.410 e. The third-order valence-electron chi connectivity index (χ3n) is 14.2. The van der Waals surface area contributed by atoms with Gasteiger partial charge in [0.15, 0.2) is 0 Å². The summed E-state index contributed by atoms with van der Waals surface area (Å²) in [6.07, 6.45) is 26.1. The lowest BCUT2D eigenvalue weighted by Gasteiger charge is -2.27. The summed E-state index contributed by atoms with van der Waals surface area (Å²) in [6.45, 7) is 9.37. The van der Waals surface area contributed by atoms with Crippen molar-refractivity contribution in [3.63, 3.8) is 0 Å². The number of hydrogen-bond donors (Lipinski definition) is 0. The van der Waals surface area contributed by atoms with Gasteiger partial charge in [0.1, 0.15) is 18.8 Å². The lowest BCUT2D eigenvalue weighted by atomic mass is 10.1. The van der Waals surface area contributed by atoms with Crippen molar-refractivity contribution in [1.82, 2.24) is 9.80 Å². The van der Waals surface area contributed by atoms with Gasteiger partial charge in [0, 0.05) is 50.5 Å². The number of unbranched alkanes of at least 4 members (excludes halogenated alkanes) is 20. The summed E-state index contributed by atoms with van der Waals surface area (Å²) < 4.78 is 40.3. The van der Waals surface area contributed by atoms with E-state index in [9.17, 15) is 33.6 Å². The molecule has 16 nitrogen and oxygen atoms in total. The van der Waals surface area contributed by atoms with E-state index < -0.39 is 42.0 Å². The molecule has 0 aromatic rings. The average Bonchev–Trinajstić information content (AvgIpc) is 3.68. The zero-order valence-corrected chi connectivity index (χ0v) is 47.7. The van der Waals surface area contributed by atoms with Gasteiger partial charge >= 0.3 is 41.9 Å². The minimum Gasteiger partial charge on any atom is -0.465 e. The molecule has 75 heavy (non-hydrogen) atoms. The van der Waals surface area contributed by atoms with Gasteiger partial charge in [0.25, 0.3) is 0 Å². The Morgan fingerprint density at radius 1 is 0.427 bits per heavy atom. The number of esters is 6. The summed E-state index contributed by atoms with van der Waals surface area (Å²) in [6, 6.07) is -0.701. The average molecular weight is 1070 g/mol. The first kappa shape index (κ1) is 67.2. The van der Waals surface area contributed by atoms with Gasteiger partial charge in [-0.1, -0.05) is 156 Å². The van der Waals surface area contributed by atoms with Crippen LogP contribution in [0.25, 0.3) is 0 Å². The summed E-state index contributed by atoms with van der Waals surface area (Å²) in [5.41, 5.74) is 0. The quantitative estimate of drug-likeness (QED) is 0.0318. The van der Waals surface area contributed by atoms with E-state index in [0.29, 0.717) is 38.6 Å². The molecule has 0 spiro atoms. The zero-order chi connectivity index (χ0) is 54.7. The van der Waals surface area contributed by atoms with Crippen molar-refractivity contribution in [3.05, 3.63) is 0 Å². The Hall–Kier alpha value is -3.95. The molecule has 2 aliphatic heterocycles. The smallest absolute Gasteiger partial charge is 0.410 e. The molecule has 0 saturated carbocycles. The summed E-state index contributed by atoms with van der Waals surface area (Å²) in [5.74, 6) is -4.02. The first-order valence-electron chi connectivity index (χ1n) is 30.0. The van der Waals surface area contributed by atoms with Crippen LogP contribution in [0, 0.1) is 11.8 Å². The van der Waals surface area contributed by atoms with E-state index in [4.69, 9.17) is 33.2 Å². The van der Waals surface area contributed by atoms with Gasteiger partial charge in [-0.25, -0.2) is 4.79 Å². The maximum atomic E-state index is 13.9. The number of carbonyl (C=O) groups is 7. The highest BCUT2D eigenvalue weighted by atomic mass is 16.6. The number of likely N-dealkylation sites (tertiary alicyclic amines) is 2. The van der Waals surface area contributed by atoms with Crippen molar-refractivity contribution >= 4 is 41.9 Å². The monoisotopic (exact) mass is 1060 g/mol. The highest BCUT2D eigenvalue weighted by molar-refractivity contribution is 5.73. The summed E-state index contributed by atoms with van der Waals surface area (Å²) >= 11 is 0. The third-order valence-corrected chi connectivity index (χ3v) is 14.2. The Labute approximate surface area is 452 Å². The minimum atomic E-state index is -0.776. The molecule has 2 heterocycles. The molecule has 1 amide bonds. The molecule has 1 unspecified atom stereocenters. The zero-order valence-electron chi connectivity index (χ0n) is 47.7. The molecule has 0 N–H and O–H groups in total. The SMILES string of the molecule is CCCCCCCCC(=O)OCC(COC(=O)CCCCCCCC)CC(=O)OC[C@@H]1C[C@@H](OC(=O)CC(COC(=O)CCCCCCCC)COC(=O)CCCCCCCC)CN1C(=O)OC1CCCCN(C)C1. The molecule has 0 aromatic carbocycles. The van der Waals surface area contributed by atoms with Crippen LogP contribution in [-0.4, -0.2) is 130 Å². The second-order valence-electron chi connectivity index (χ2n) is 21.5. The van der Waals surface area contributed by atoms with Crippen LogP contribution in [-0.2, 0) is 61.9 Å². The standard InChI is InChI=1S/C59H104N2O14/c1-6-10-14-18-22-26-33-53(62)69-43-48(44-70-54(63)34-27-23-19-15-11-7-2)38-57(66)73-47-50-40-52(42-61(50)59(68)75-51-32-30-31-37-60(5)41-51)74-58(67)39-49(45-71-55(64)35-28-24-20-16-12-8-3)46-72-56(65)36-29-25-21-17-13-9-4/h48-52H,6-47H2,1-5H3/t50-,51?,52+/m0/s1. The molecule has 2 fully saturated rings. The van der Waals surface area contributed by atoms with Crippen LogP contribution in [0.3, 0.4) is 0 Å². The van der Waals surface area contributed by atoms with Crippen LogP contribution >= 0.6 is 0 Å². The van der Waals surface area contributed by atoms with Gasteiger partial charge in [0.2, 0.25) is 0 Å². The first-order chi connectivity index (χ1) is 36.4. The number of rotatable bonds is 44. The Morgan fingerprint density at radius 3 is 1.23 bits per heavy atom. The molecule has 2 aliphatic rings. The largest absolute Gasteiger partial charge is 0.465 e. The molecular formula is C59H104N2O14. The molecule has 3 atom stereocenters. The van der Waals surface area contributed by atoms with Crippen molar-refractivity contribution < 1.29 is 66.7 Å². The van der Waals surface area contributed by atoms with Gasteiger partial charge in [-0.05, 0) is 58.5 Å². The topological polar surface area (TPSA) is 191 Å². The molecule has 16 heteroatoms. The van der Waals surface area contributed by atoms with Crippen LogP contribution in [0.4, 0.5) is 4.79 Å². The number of hydrogen-bond acceptors (Lipinski definition) is 15. The van der Waals surface area contributed by atoms with Crippen molar-refractivity contribution in [1.29, 1.82) is 0 Å². The van der Waals surface area contributed by atoms with E-state index >= 15 is 0 Å². The first-order valence-corrected chi connectivity index (χ1v) is 30.0. The number of ether oxygens (including phenoxy) is 7. The van der Waals surface area contributed by atoms with Gasteiger partial charge in [-0.3, -0.25) is 33.7 Å². The summed E-state index contributed by atoms with van der Waals surface area (Å²) in [5, 5.41) is 0. The number of amides is 1. The third kappa shape index (κ3) is 35.2. The fraction of sp³-hybridized carbons (Fsp3) is 0.881. The van der Waals surface area contributed by atoms with Crippen molar-refractivity contribution in [2.24, 2.45) is 11.8 Å². The summed E-state index contributed by atoms with van der Waals surface area (Å²) in [4.78, 5) is 95.8. The Morgan fingerprint density at radius 2 is 0.813 bits per heavy atom. The van der Waals surface area contributed by atoms with Crippen LogP contribution in [0.15, 0.2) is 0 Å². The van der Waals surface area contributed by atoms with Crippen molar-refractivity contribution in [3.8, 4) is 0 Å². The normalized spacial score (nSPS) is 16.9. The molecule has 434 valence electrons. The van der Waals surface area contributed by atoms with E-state index in [1.165, 1.54) is 4.90 Å². The lowest BCUT2D eigenvalue weighted by molar-refractivity contribution is -0.157. The van der Waals surface area contributed by atoms with Gasteiger partial charge in [-0.15, -0.1) is 0 Å². The highest BCUT2D eigenvalue weighted by Crippen LogP contribution is 2.26. The number of nitrogens with zero attached hydrogens (tertiary/aromatic N) is 2. The Bertz CT molecular complexity index is 1500. The molecule has 0 aromatic heterocycles. The molecule has 0 bridgehead atoms. The minimum absolute atomic E-state index is 0.00770. The van der Waals surface area contributed by atoms with Crippen LogP contribution in [0.1, 0.15) is 246 Å². The predicted molar refractivity (Wildman–Crippen MR) is 290 cm³/mol. The van der Waals surface area contributed by atoms with Crippen LogP contribution in [0.5, 0.6) is 0 Å². The van der Waals surface area contributed by atoms with E-state index in [-0.39, 0.29) is 115 Å². The Balaban J connectivity index is 2.14. The fourth-order valence-corrected chi connectivity index (χ4v) is 9.55. The highest BCUT2D eigenvalue weighted by Gasteiger charge is 2.40. The fourth-order valence-electron chi connectivity index (χ4n) is 9.55. The maximum absolute atomic E-state index is 13.9. The molecule has 2 saturated heterocycles. The number of carbonyl (C=O) groups excluding carboxylic acids is 7. The molecular weight excluding hydrogens is 961 g/mol. The van der Waals surface area contributed by atoms with Crippen molar-refractivity contribution in [2.75, 3.05) is 59.7 Å². The van der Waals surface area contributed by atoms with E-state index in [1.807, 2.05) is 7.05 Å².